The quantitative estimate of drug-likeness (QED) is 0.902. The smallest absolute Gasteiger partial charge is 0.320 e. The maximum absolute atomic E-state index is 11.0. The van der Waals surface area contributed by atoms with Crippen molar-refractivity contribution in [1.82, 2.24) is 14.7 Å². The summed E-state index contributed by atoms with van der Waals surface area (Å²) in [5, 5.41) is 13.2. The average molecular weight is 257 g/mol. The molecule has 1 N–H and O–H groups in total. The van der Waals surface area contributed by atoms with Crippen molar-refractivity contribution in [3.05, 3.63) is 48.3 Å². The van der Waals surface area contributed by atoms with Crippen LogP contribution in [0, 0.1) is 0 Å². The van der Waals surface area contributed by atoms with Gasteiger partial charge in [-0.3, -0.25) is 9.69 Å². The van der Waals surface area contributed by atoms with Crippen molar-refractivity contribution in [2.45, 2.75) is 19.0 Å². The Hall–Kier alpha value is -2.14. The number of likely N-dealkylation sites (tertiary alicyclic amines) is 1. The van der Waals surface area contributed by atoms with Gasteiger partial charge in [0.15, 0.2) is 0 Å². The van der Waals surface area contributed by atoms with Crippen LogP contribution in [0.2, 0.25) is 0 Å². The van der Waals surface area contributed by atoms with E-state index < -0.39 is 5.97 Å². The van der Waals surface area contributed by atoms with Gasteiger partial charge in [0.2, 0.25) is 0 Å². The molecule has 1 aliphatic heterocycles. The third-order valence-corrected chi connectivity index (χ3v) is 3.48. The van der Waals surface area contributed by atoms with Crippen LogP contribution in [0.15, 0.2) is 42.7 Å². The Morgan fingerprint density at radius 2 is 2.32 bits per heavy atom. The predicted octanol–water partition coefficient (Wildman–Crippen LogP) is 1.53. The van der Waals surface area contributed by atoms with Crippen LogP contribution < -0.4 is 0 Å². The zero-order chi connectivity index (χ0) is 13.2. The molecule has 1 aromatic heterocycles. The first-order valence-electron chi connectivity index (χ1n) is 6.30. The third kappa shape index (κ3) is 2.37. The lowest BCUT2D eigenvalue weighted by atomic mass is 10.0. The Morgan fingerprint density at radius 3 is 2.95 bits per heavy atom. The fourth-order valence-electron chi connectivity index (χ4n) is 2.36. The molecule has 0 spiro atoms. The van der Waals surface area contributed by atoms with Crippen molar-refractivity contribution in [1.29, 1.82) is 0 Å². The summed E-state index contributed by atoms with van der Waals surface area (Å²) < 4.78 is 1.80. The Bertz CT molecular complexity index is 580. The van der Waals surface area contributed by atoms with E-state index >= 15 is 0 Å². The number of carboxylic acids is 1. The van der Waals surface area contributed by atoms with E-state index in [2.05, 4.69) is 5.10 Å². The van der Waals surface area contributed by atoms with E-state index in [0.717, 1.165) is 24.2 Å². The molecule has 1 fully saturated rings. The molecule has 5 nitrogen and oxygen atoms in total. The molecule has 0 amide bonds. The van der Waals surface area contributed by atoms with E-state index in [4.69, 9.17) is 5.11 Å². The second-order valence-corrected chi connectivity index (χ2v) is 4.73. The summed E-state index contributed by atoms with van der Waals surface area (Å²) in [7, 11) is 0. The second kappa shape index (κ2) is 4.85. The van der Waals surface area contributed by atoms with Gasteiger partial charge in [-0.25, -0.2) is 4.68 Å². The van der Waals surface area contributed by atoms with Crippen molar-refractivity contribution in [3.8, 4) is 5.69 Å². The number of aromatic nitrogens is 2. The molecule has 19 heavy (non-hydrogen) atoms. The van der Waals surface area contributed by atoms with Gasteiger partial charge in [-0.1, -0.05) is 12.1 Å². The van der Waals surface area contributed by atoms with E-state index in [9.17, 15) is 4.79 Å². The van der Waals surface area contributed by atoms with Crippen LogP contribution in [0.5, 0.6) is 0 Å². The van der Waals surface area contributed by atoms with Crippen LogP contribution in [0.25, 0.3) is 5.69 Å². The van der Waals surface area contributed by atoms with Crippen LogP contribution in [0.4, 0.5) is 0 Å². The molecule has 1 atom stereocenters. The van der Waals surface area contributed by atoms with Crippen LogP contribution in [-0.2, 0) is 11.3 Å². The Labute approximate surface area is 111 Å². The SMILES string of the molecule is O=C(O)[C@H]1CCN1Cc1cccc(-n2cccn2)c1. The van der Waals surface area contributed by atoms with Gasteiger partial charge in [-0.15, -0.1) is 0 Å². The standard InChI is InChI=1S/C14H15N3O2/c18-14(19)13-5-8-16(13)10-11-3-1-4-12(9-11)17-7-2-6-15-17/h1-4,6-7,9,13H,5,8,10H2,(H,18,19)/t13-/m1/s1. The summed E-state index contributed by atoms with van der Waals surface area (Å²) in [4.78, 5) is 13.0. The monoisotopic (exact) mass is 257 g/mol. The summed E-state index contributed by atoms with van der Waals surface area (Å²) in [6, 6.07) is 9.58. The summed E-state index contributed by atoms with van der Waals surface area (Å²) in [6.07, 6.45) is 4.37. The van der Waals surface area contributed by atoms with Gasteiger partial charge in [0, 0.05) is 25.5 Å². The predicted molar refractivity (Wildman–Crippen MR) is 70.0 cm³/mol. The lowest BCUT2D eigenvalue weighted by Crippen LogP contribution is -2.51. The lowest BCUT2D eigenvalue weighted by molar-refractivity contribution is -0.148. The minimum Gasteiger partial charge on any atom is -0.480 e. The maximum atomic E-state index is 11.0. The van der Waals surface area contributed by atoms with E-state index in [0.29, 0.717) is 6.54 Å². The number of benzene rings is 1. The zero-order valence-electron chi connectivity index (χ0n) is 10.4. The van der Waals surface area contributed by atoms with E-state index in [1.807, 2.05) is 41.4 Å². The molecule has 2 aromatic rings. The number of carbonyl (C=O) groups is 1. The largest absolute Gasteiger partial charge is 0.480 e. The van der Waals surface area contributed by atoms with E-state index in [-0.39, 0.29) is 6.04 Å². The molecule has 0 bridgehead atoms. The number of rotatable bonds is 4. The molecule has 1 aliphatic rings. The van der Waals surface area contributed by atoms with Gasteiger partial charge in [0.1, 0.15) is 6.04 Å². The topological polar surface area (TPSA) is 58.4 Å². The van der Waals surface area contributed by atoms with Gasteiger partial charge >= 0.3 is 5.97 Å². The molecule has 3 rings (SSSR count). The molecule has 0 radical (unpaired) electrons. The Balaban J connectivity index is 1.75. The fraction of sp³-hybridized carbons (Fsp3) is 0.286. The summed E-state index contributed by atoms with van der Waals surface area (Å²) in [6.45, 7) is 1.52. The fourth-order valence-corrected chi connectivity index (χ4v) is 2.36. The zero-order valence-corrected chi connectivity index (χ0v) is 10.4. The van der Waals surface area contributed by atoms with E-state index in [1.165, 1.54) is 0 Å². The minimum atomic E-state index is -0.727. The molecule has 98 valence electrons. The Morgan fingerprint density at radius 1 is 1.42 bits per heavy atom. The third-order valence-electron chi connectivity index (χ3n) is 3.48. The van der Waals surface area contributed by atoms with Gasteiger partial charge in [-0.2, -0.15) is 5.10 Å². The first-order valence-corrected chi connectivity index (χ1v) is 6.30. The first-order chi connectivity index (χ1) is 9.24. The van der Waals surface area contributed by atoms with Gasteiger partial charge in [0.05, 0.1) is 5.69 Å². The minimum absolute atomic E-state index is 0.326. The number of nitrogens with zero attached hydrogens (tertiary/aromatic N) is 3. The average Bonchev–Trinajstić information content (AvgIpc) is 2.88. The van der Waals surface area contributed by atoms with Crippen LogP contribution in [0.1, 0.15) is 12.0 Å². The van der Waals surface area contributed by atoms with Gasteiger partial charge < -0.3 is 5.11 Å². The van der Waals surface area contributed by atoms with Crippen LogP contribution >= 0.6 is 0 Å². The number of hydrogen-bond donors (Lipinski definition) is 1. The molecule has 0 saturated carbocycles. The molecule has 5 heteroatoms. The molecule has 0 aliphatic carbocycles. The van der Waals surface area contributed by atoms with Crippen molar-refractivity contribution >= 4 is 5.97 Å². The highest BCUT2D eigenvalue weighted by Crippen LogP contribution is 2.21. The van der Waals surface area contributed by atoms with Crippen molar-refractivity contribution in [2.24, 2.45) is 0 Å². The van der Waals surface area contributed by atoms with Crippen LogP contribution in [0.3, 0.4) is 0 Å². The Kier molecular flexibility index (Phi) is 3.05. The molecular weight excluding hydrogens is 242 g/mol. The second-order valence-electron chi connectivity index (χ2n) is 4.73. The number of aliphatic carboxylic acids is 1. The molecule has 2 heterocycles. The number of carboxylic acid groups (broad SMARTS) is 1. The summed E-state index contributed by atoms with van der Waals surface area (Å²) in [5.41, 5.74) is 2.11. The summed E-state index contributed by atoms with van der Waals surface area (Å²) in [5.74, 6) is -0.727. The van der Waals surface area contributed by atoms with Gasteiger partial charge in [-0.05, 0) is 30.2 Å². The van der Waals surface area contributed by atoms with Gasteiger partial charge in [0.25, 0.3) is 0 Å². The molecular formula is C14H15N3O2. The highest BCUT2D eigenvalue weighted by Gasteiger charge is 2.33. The van der Waals surface area contributed by atoms with Crippen molar-refractivity contribution < 1.29 is 9.90 Å². The molecule has 1 saturated heterocycles. The molecule has 0 unspecified atom stereocenters. The first kappa shape index (κ1) is 11.9. The van der Waals surface area contributed by atoms with E-state index in [1.54, 1.807) is 10.9 Å². The van der Waals surface area contributed by atoms with Crippen LogP contribution in [-0.4, -0.2) is 38.3 Å². The lowest BCUT2D eigenvalue weighted by Gasteiger charge is -2.37. The van der Waals surface area contributed by atoms with Crippen molar-refractivity contribution in [2.75, 3.05) is 6.54 Å². The molecule has 1 aromatic carbocycles. The maximum Gasteiger partial charge on any atom is 0.320 e. The highest BCUT2D eigenvalue weighted by atomic mass is 16.4. The normalized spacial score (nSPS) is 19.1. The highest BCUT2D eigenvalue weighted by molar-refractivity contribution is 5.74. The number of hydrogen-bond acceptors (Lipinski definition) is 3. The van der Waals surface area contributed by atoms with Crippen molar-refractivity contribution in [3.63, 3.8) is 0 Å². The summed E-state index contributed by atoms with van der Waals surface area (Å²) >= 11 is 0.